The Bertz CT molecular complexity index is 1350. The number of aryl methyl sites for hydroxylation is 2. The Labute approximate surface area is 299 Å². The predicted molar refractivity (Wildman–Crippen MR) is 198 cm³/mol. The Morgan fingerprint density at radius 2 is 0.940 bits per heavy atom. The van der Waals surface area contributed by atoms with Crippen LogP contribution in [0, 0.1) is 11.8 Å². The first-order valence-corrected chi connectivity index (χ1v) is 19.0. The maximum atomic E-state index is 13.5. The van der Waals surface area contributed by atoms with E-state index in [0.717, 1.165) is 89.9 Å². The average molecular weight is 695 g/mol. The lowest BCUT2D eigenvalue weighted by Crippen LogP contribution is -2.50. The molecule has 0 fully saturated rings. The molecule has 0 bridgehead atoms. The van der Waals surface area contributed by atoms with Crippen molar-refractivity contribution in [2.45, 2.75) is 143 Å². The zero-order valence-electron chi connectivity index (χ0n) is 30.9. The van der Waals surface area contributed by atoms with E-state index >= 15 is 0 Å². The maximum absolute atomic E-state index is 13.5. The second-order valence-electron chi connectivity index (χ2n) is 13.4. The van der Waals surface area contributed by atoms with Gasteiger partial charge in [-0.15, -0.1) is 0 Å². The van der Waals surface area contributed by atoms with Gasteiger partial charge < -0.3 is 10.2 Å². The molecule has 2 rings (SSSR count). The van der Waals surface area contributed by atoms with Crippen molar-refractivity contribution in [3.05, 3.63) is 58.7 Å². The number of hydrogen-bond acceptors (Lipinski definition) is 6. The van der Waals surface area contributed by atoms with Crippen LogP contribution in [0.25, 0.3) is 0 Å². The van der Waals surface area contributed by atoms with E-state index < -0.39 is 35.5 Å². The summed E-state index contributed by atoms with van der Waals surface area (Å²) in [5.74, 6) is -4.36. The highest BCUT2D eigenvalue weighted by Gasteiger charge is 2.31. The number of phenols is 2. The van der Waals surface area contributed by atoms with E-state index in [9.17, 15) is 29.4 Å². The summed E-state index contributed by atoms with van der Waals surface area (Å²) in [5.41, 5.74) is 11.5. The predicted octanol–water partition coefficient (Wildman–Crippen LogP) is 7.96. The molecule has 0 spiro atoms. The number of rotatable bonds is 23. The molecule has 0 aliphatic rings. The highest BCUT2D eigenvalue weighted by atomic mass is 16.3. The fourth-order valence-corrected chi connectivity index (χ4v) is 6.28. The third kappa shape index (κ3) is 14.4. The van der Waals surface area contributed by atoms with Crippen LogP contribution in [0.1, 0.15) is 162 Å². The van der Waals surface area contributed by atoms with Gasteiger partial charge in [-0.1, -0.05) is 135 Å². The van der Waals surface area contributed by atoms with Crippen LogP contribution in [0.3, 0.4) is 0 Å². The van der Waals surface area contributed by atoms with Gasteiger partial charge in [0, 0.05) is 5.92 Å². The highest BCUT2D eigenvalue weighted by molar-refractivity contribution is 6.00. The molecular formula is C40H62N4O6. The lowest BCUT2D eigenvalue weighted by Gasteiger charge is -2.23. The average Bonchev–Trinajstić information content (AvgIpc) is 3.10. The van der Waals surface area contributed by atoms with Crippen molar-refractivity contribution in [1.29, 1.82) is 0 Å². The molecule has 2 unspecified atom stereocenters. The second kappa shape index (κ2) is 24.1. The minimum Gasteiger partial charge on any atom is -0.507 e. The van der Waals surface area contributed by atoms with Gasteiger partial charge in [0.1, 0.15) is 11.5 Å². The molecule has 278 valence electrons. The molecule has 0 saturated carbocycles. The lowest BCUT2D eigenvalue weighted by atomic mass is 9.87. The van der Waals surface area contributed by atoms with Crippen molar-refractivity contribution in [3.8, 4) is 11.5 Å². The fraction of sp³-hybridized carbons (Fsp3) is 0.600. The van der Waals surface area contributed by atoms with Gasteiger partial charge in [0.25, 0.3) is 11.8 Å². The summed E-state index contributed by atoms with van der Waals surface area (Å²) < 4.78 is 0. The Morgan fingerprint density at radius 1 is 0.540 bits per heavy atom. The van der Waals surface area contributed by atoms with Crippen molar-refractivity contribution >= 4 is 23.6 Å². The number of phenolic OH excluding ortho intramolecular Hbond substituents is 2. The SMILES string of the molecule is CCCCCCCc1cccc(O)c1C(=O)NNC(=O)C(C)C(CCCCCCC)C(=O)NNC(=O)c1c(O)cccc1CCCCCCC. The van der Waals surface area contributed by atoms with Gasteiger partial charge in [-0.3, -0.25) is 40.9 Å². The number of hydrazine groups is 2. The van der Waals surface area contributed by atoms with Gasteiger partial charge in [0.05, 0.1) is 17.0 Å². The molecule has 0 saturated heterocycles. The molecule has 2 aromatic rings. The number of carbonyl (C=O) groups is 4. The van der Waals surface area contributed by atoms with Gasteiger partial charge >= 0.3 is 0 Å². The molecule has 0 radical (unpaired) electrons. The molecule has 50 heavy (non-hydrogen) atoms. The zero-order valence-corrected chi connectivity index (χ0v) is 30.9. The number of amides is 4. The minimum absolute atomic E-state index is 0.119. The molecule has 6 N–H and O–H groups in total. The first kappa shape index (κ1) is 42.1. The Balaban J connectivity index is 2.09. The van der Waals surface area contributed by atoms with Crippen LogP contribution in [0.5, 0.6) is 11.5 Å². The normalized spacial score (nSPS) is 12.2. The van der Waals surface area contributed by atoms with E-state index in [1.165, 1.54) is 12.1 Å². The van der Waals surface area contributed by atoms with Crippen molar-refractivity contribution in [2.24, 2.45) is 11.8 Å². The van der Waals surface area contributed by atoms with Gasteiger partial charge in [-0.25, -0.2) is 0 Å². The number of benzene rings is 2. The van der Waals surface area contributed by atoms with Crippen LogP contribution < -0.4 is 21.7 Å². The molecule has 2 aromatic carbocycles. The van der Waals surface area contributed by atoms with E-state index in [4.69, 9.17) is 0 Å². The summed E-state index contributed by atoms with van der Waals surface area (Å²) >= 11 is 0. The van der Waals surface area contributed by atoms with Crippen LogP contribution in [0.4, 0.5) is 0 Å². The molecule has 4 amide bonds. The van der Waals surface area contributed by atoms with Gasteiger partial charge in [-0.05, 0) is 55.4 Å². The van der Waals surface area contributed by atoms with E-state index in [1.807, 2.05) is 6.07 Å². The minimum atomic E-state index is -0.857. The van der Waals surface area contributed by atoms with Crippen molar-refractivity contribution < 1.29 is 29.4 Å². The summed E-state index contributed by atoms with van der Waals surface area (Å²) in [6, 6.07) is 9.90. The monoisotopic (exact) mass is 694 g/mol. The maximum Gasteiger partial charge on any atom is 0.273 e. The van der Waals surface area contributed by atoms with Gasteiger partial charge in [0.2, 0.25) is 11.8 Å². The molecule has 2 atom stereocenters. The summed E-state index contributed by atoms with van der Waals surface area (Å²) in [7, 11) is 0. The van der Waals surface area contributed by atoms with Gasteiger partial charge in [0.15, 0.2) is 0 Å². The van der Waals surface area contributed by atoms with Crippen LogP contribution in [0.2, 0.25) is 0 Å². The largest absolute Gasteiger partial charge is 0.507 e. The number of hydrogen-bond donors (Lipinski definition) is 6. The molecule has 0 heterocycles. The van der Waals surface area contributed by atoms with Crippen molar-refractivity contribution in [2.75, 3.05) is 0 Å². The van der Waals surface area contributed by atoms with Crippen LogP contribution in [0.15, 0.2) is 36.4 Å². The summed E-state index contributed by atoms with van der Waals surface area (Å²) in [5, 5.41) is 21.1. The van der Waals surface area contributed by atoms with Crippen LogP contribution >= 0.6 is 0 Å². The summed E-state index contributed by atoms with van der Waals surface area (Å²) in [6.45, 7) is 8.03. The van der Waals surface area contributed by atoms with Crippen LogP contribution in [-0.4, -0.2) is 33.8 Å². The molecule has 0 aliphatic heterocycles. The first-order valence-electron chi connectivity index (χ1n) is 19.0. The van der Waals surface area contributed by atoms with E-state index in [1.54, 1.807) is 25.1 Å². The molecule has 0 aromatic heterocycles. The number of nitrogens with one attached hydrogen (secondary N) is 4. The van der Waals surface area contributed by atoms with Crippen LogP contribution in [-0.2, 0) is 22.4 Å². The third-order valence-electron chi connectivity index (χ3n) is 9.38. The number of aromatic hydroxyl groups is 2. The Morgan fingerprint density at radius 3 is 1.38 bits per heavy atom. The molecule has 10 heteroatoms. The zero-order chi connectivity index (χ0) is 36.7. The van der Waals surface area contributed by atoms with E-state index in [2.05, 4.69) is 42.5 Å². The molecule has 10 nitrogen and oxygen atoms in total. The van der Waals surface area contributed by atoms with E-state index in [-0.39, 0.29) is 22.6 Å². The molecular weight excluding hydrogens is 632 g/mol. The smallest absolute Gasteiger partial charge is 0.273 e. The topological polar surface area (TPSA) is 157 Å². The summed E-state index contributed by atoms with van der Waals surface area (Å²) in [6.07, 6.45) is 17.0. The first-order chi connectivity index (χ1) is 24.2. The second-order valence-corrected chi connectivity index (χ2v) is 13.4. The highest BCUT2D eigenvalue weighted by Crippen LogP contribution is 2.25. The number of carbonyl (C=O) groups excluding carboxylic acids is 4. The fourth-order valence-electron chi connectivity index (χ4n) is 6.28. The quantitative estimate of drug-likeness (QED) is 0.0512. The van der Waals surface area contributed by atoms with Gasteiger partial charge in [-0.2, -0.15) is 0 Å². The Hall–Kier alpha value is -4.08. The van der Waals surface area contributed by atoms with Crippen molar-refractivity contribution in [3.63, 3.8) is 0 Å². The lowest BCUT2D eigenvalue weighted by molar-refractivity contribution is -0.135. The molecule has 0 aliphatic carbocycles. The summed E-state index contributed by atoms with van der Waals surface area (Å²) in [4.78, 5) is 53.2. The van der Waals surface area contributed by atoms with Crippen molar-refractivity contribution in [1.82, 2.24) is 21.7 Å². The van der Waals surface area contributed by atoms with E-state index in [0.29, 0.717) is 36.8 Å². The standard InChI is InChI=1S/C40H62N4O6/c1-5-8-11-14-17-22-30-24-20-27-33(45)35(30)39(49)43-41-37(47)29(4)32(26-19-16-13-10-7-3)38(48)42-44-40(50)36-31(25-21-28-34(36)46)23-18-15-12-9-6-2/h20-21,24-25,27-29,32,45-46H,5-19,22-23,26H2,1-4H3,(H,41,47)(H,42,48)(H,43,49)(H,44,50). The number of unbranched alkanes of at least 4 members (excludes halogenated alkanes) is 12. The third-order valence-corrected chi connectivity index (χ3v) is 9.38. The Kier molecular flexibility index (Phi) is 20.3.